The van der Waals surface area contributed by atoms with Crippen molar-refractivity contribution in [2.24, 2.45) is 0 Å². The van der Waals surface area contributed by atoms with Crippen LogP contribution in [0, 0.1) is 18.3 Å². The van der Waals surface area contributed by atoms with Gasteiger partial charge < -0.3 is 4.74 Å². The second-order valence-electron chi connectivity index (χ2n) is 2.92. The van der Waals surface area contributed by atoms with E-state index in [1.54, 1.807) is 19.1 Å². The largest absolute Gasteiger partial charge is 0.465 e. The molecule has 4 heteroatoms. The third-order valence-electron chi connectivity index (χ3n) is 2.16. The number of hydrogen-bond acceptors (Lipinski definition) is 4. The summed E-state index contributed by atoms with van der Waals surface area (Å²) >= 11 is 1.46. The average Bonchev–Trinajstić information content (AvgIpc) is 2.27. The fourth-order valence-electron chi connectivity index (χ4n) is 1.33. The van der Waals surface area contributed by atoms with Gasteiger partial charge in [-0.15, -0.1) is 11.8 Å². The van der Waals surface area contributed by atoms with Crippen LogP contribution in [0.4, 0.5) is 0 Å². The molecule has 0 saturated heterocycles. The van der Waals surface area contributed by atoms with Crippen molar-refractivity contribution in [3.05, 3.63) is 28.8 Å². The number of nitrogens with zero attached hydrogens (tertiary/aromatic N) is 1. The molecule has 15 heavy (non-hydrogen) atoms. The smallest absolute Gasteiger partial charge is 0.339 e. The number of hydrogen-bond donors (Lipinski definition) is 0. The van der Waals surface area contributed by atoms with Crippen molar-refractivity contribution in [3.63, 3.8) is 0 Å². The van der Waals surface area contributed by atoms with Gasteiger partial charge in [0.05, 0.1) is 24.3 Å². The molecular weight excluding hydrogens is 210 g/mol. The Hall–Kier alpha value is -1.47. The van der Waals surface area contributed by atoms with Gasteiger partial charge in [-0.3, -0.25) is 0 Å². The molecule has 0 saturated carbocycles. The predicted octanol–water partition coefficient (Wildman–Crippen LogP) is 2.38. The lowest BCUT2D eigenvalue weighted by Gasteiger charge is -2.09. The molecule has 0 fully saturated rings. The highest BCUT2D eigenvalue weighted by Crippen LogP contribution is 2.26. The molecule has 0 aliphatic carbocycles. The van der Waals surface area contributed by atoms with Gasteiger partial charge in [0.1, 0.15) is 0 Å². The van der Waals surface area contributed by atoms with Gasteiger partial charge in [0.15, 0.2) is 0 Å². The molecule has 0 amide bonds. The second kappa shape index (κ2) is 4.85. The highest BCUT2D eigenvalue weighted by Gasteiger charge is 2.16. The molecule has 78 valence electrons. The number of carbonyl (C=O) groups excluding carboxylic acids is 1. The maximum atomic E-state index is 11.5. The Morgan fingerprint density at radius 2 is 2.20 bits per heavy atom. The Bertz CT molecular complexity index is 435. The van der Waals surface area contributed by atoms with E-state index in [4.69, 9.17) is 10.00 Å². The topological polar surface area (TPSA) is 50.1 Å². The first-order valence-electron chi connectivity index (χ1n) is 4.31. The van der Waals surface area contributed by atoms with Crippen molar-refractivity contribution in [3.8, 4) is 6.07 Å². The predicted molar refractivity (Wildman–Crippen MR) is 59.0 cm³/mol. The normalized spacial score (nSPS) is 9.47. The van der Waals surface area contributed by atoms with Gasteiger partial charge in [-0.05, 0) is 30.9 Å². The molecule has 0 atom stereocenters. The minimum atomic E-state index is -0.394. The van der Waals surface area contributed by atoms with Crippen LogP contribution in [-0.4, -0.2) is 19.3 Å². The van der Waals surface area contributed by atoms with Crippen LogP contribution in [0.1, 0.15) is 21.5 Å². The van der Waals surface area contributed by atoms with E-state index in [1.807, 2.05) is 12.3 Å². The molecule has 1 rings (SSSR count). The molecule has 1 aromatic rings. The summed E-state index contributed by atoms with van der Waals surface area (Å²) in [5.41, 5.74) is 1.67. The third-order valence-corrected chi connectivity index (χ3v) is 2.94. The van der Waals surface area contributed by atoms with Gasteiger partial charge in [-0.2, -0.15) is 5.26 Å². The fraction of sp³-hybridized carbons (Fsp3) is 0.273. The third kappa shape index (κ3) is 2.13. The van der Waals surface area contributed by atoms with E-state index >= 15 is 0 Å². The Balaban J connectivity index is 3.44. The van der Waals surface area contributed by atoms with Crippen molar-refractivity contribution in [1.29, 1.82) is 5.26 Å². The number of ether oxygens (including phenoxy) is 1. The first-order chi connectivity index (χ1) is 7.15. The Kier molecular flexibility index (Phi) is 3.75. The summed E-state index contributed by atoms with van der Waals surface area (Å²) in [6, 6.07) is 5.53. The lowest BCUT2D eigenvalue weighted by molar-refractivity contribution is 0.0596. The maximum absolute atomic E-state index is 11.5. The summed E-state index contributed by atoms with van der Waals surface area (Å²) in [4.78, 5) is 12.4. The highest BCUT2D eigenvalue weighted by atomic mass is 32.2. The number of thioether (sulfide) groups is 1. The minimum absolute atomic E-state index is 0.394. The van der Waals surface area contributed by atoms with Gasteiger partial charge in [0.2, 0.25) is 0 Å². The fourth-order valence-corrected chi connectivity index (χ4v) is 1.98. The average molecular weight is 221 g/mol. The molecule has 0 aromatic heterocycles. The summed E-state index contributed by atoms with van der Waals surface area (Å²) in [6.45, 7) is 1.75. The molecule has 0 N–H and O–H groups in total. The molecule has 0 heterocycles. The van der Waals surface area contributed by atoms with Gasteiger partial charge in [-0.1, -0.05) is 0 Å². The van der Waals surface area contributed by atoms with Crippen LogP contribution in [0.2, 0.25) is 0 Å². The van der Waals surface area contributed by atoms with Gasteiger partial charge in [0, 0.05) is 4.90 Å². The molecule has 0 bridgehead atoms. The van der Waals surface area contributed by atoms with Gasteiger partial charge in [-0.25, -0.2) is 4.79 Å². The molecule has 0 radical (unpaired) electrons. The lowest BCUT2D eigenvalue weighted by atomic mass is 10.0. The van der Waals surface area contributed by atoms with Crippen molar-refractivity contribution in [1.82, 2.24) is 0 Å². The lowest BCUT2D eigenvalue weighted by Crippen LogP contribution is -2.07. The summed E-state index contributed by atoms with van der Waals surface area (Å²) in [7, 11) is 1.34. The van der Waals surface area contributed by atoms with E-state index in [9.17, 15) is 4.79 Å². The van der Waals surface area contributed by atoms with E-state index in [-0.39, 0.29) is 0 Å². The van der Waals surface area contributed by atoms with Gasteiger partial charge >= 0.3 is 5.97 Å². The minimum Gasteiger partial charge on any atom is -0.465 e. The number of benzene rings is 1. The van der Waals surface area contributed by atoms with Crippen molar-refractivity contribution >= 4 is 17.7 Å². The van der Waals surface area contributed by atoms with Crippen molar-refractivity contribution in [2.45, 2.75) is 11.8 Å². The van der Waals surface area contributed by atoms with Crippen LogP contribution in [0.15, 0.2) is 17.0 Å². The van der Waals surface area contributed by atoms with Crippen LogP contribution >= 0.6 is 11.8 Å². The first kappa shape index (κ1) is 11.6. The Labute approximate surface area is 93.0 Å². The number of esters is 1. The summed E-state index contributed by atoms with van der Waals surface area (Å²) in [5.74, 6) is -0.394. The van der Waals surface area contributed by atoms with E-state index in [0.717, 1.165) is 4.90 Å². The zero-order valence-corrected chi connectivity index (χ0v) is 9.64. The van der Waals surface area contributed by atoms with E-state index in [0.29, 0.717) is 16.7 Å². The Morgan fingerprint density at radius 1 is 1.53 bits per heavy atom. The maximum Gasteiger partial charge on any atom is 0.339 e. The first-order valence-corrected chi connectivity index (χ1v) is 5.54. The van der Waals surface area contributed by atoms with Crippen molar-refractivity contribution in [2.75, 3.05) is 13.4 Å². The zero-order valence-electron chi connectivity index (χ0n) is 8.83. The molecule has 3 nitrogen and oxygen atoms in total. The second-order valence-corrected chi connectivity index (χ2v) is 3.77. The molecule has 0 unspecified atom stereocenters. The zero-order chi connectivity index (χ0) is 11.4. The SMILES string of the molecule is COC(=O)c1c(SC)ccc(C#N)c1C. The monoisotopic (exact) mass is 221 g/mol. The quantitative estimate of drug-likeness (QED) is 0.568. The molecule has 0 aliphatic heterocycles. The standard InChI is InChI=1S/C11H11NO2S/c1-7-8(6-12)4-5-9(15-3)10(7)11(13)14-2/h4-5H,1-3H3. The van der Waals surface area contributed by atoms with E-state index in [2.05, 4.69) is 0 Å². The molecule has 1 aromatic carbocycles. The summed E-state index contributed by atoms with van der Waals surface area (Å²) in [5, 5.41) is 8.85. The van der Waals surface area contributed by atoms with E-state index in [1.165, 1.54) is 18.9 Å². The van der Waals surface area contributed by atoms with Crippen LogP contribution in [0.5, 0.6) is 0 Å². The van der Waals surface area contributed by atoms with Crippen LogP contribution < -0.4 is 0 Å². The number of carbonyl (C=O) groups is 1. The molecular formula is C11H11NO2S. The summed E-state index contributed by atoms with van der Waals surface area (Å²) < 4.78 is 4.70. The van der Waals surface area contributed by atoms with E-state index < -0.39 is 5.97 Å². The highest BCUT2D eigenvalue weighted by molar-refractivity contribution is 7.98. The van der Waals surface area contributed by atoms with Crippen LogP contribution in [-0.2, 0) is 4.74 Å². The number of rotatable bonds is 2. The molecule has 0 aliphatic rings. The van der Waals surface area contributed by atoms with Crippen LogP contribution in [0.3, 0.4) is 0 Å². The number of methoxy groups -OCH3 is 1. The van der Waals surface area contributed by atoms with Gasteiger partial charge in [0.25, 0.3) is 0 Å². The molecule has 0 spiro atoms. The Morgan fingerprint density at radius 3 is 2.67 bits per heavy atom. The number of nitriles is 1. The van der Waals surface area contributed by atoms with Crippen LogP contribution in [0.25, 0.3) is 0 Å². The summed E-state index contributed by atoms with van der Waals surface area (Å²) in [6.07, 6.45) is 1.88. The van der Waals surface area contributed by atoms with Crippen molar-refractivity contribution < 1.29 is 9.53 Å².